The Balaban J connectivity index is 1.84. The van der Waals surface area contributed by atoms with Gasteiger partial charge in [0, 0.05) is 25.2 Å². The molecule has 0 aromatic heterocycles. The highest BCUT2D eigenvalue weighted by molar-refractivity contribution is 5.71. The lowest BCUT2D eigenvalue weighted by Crippen LogP contribution is -2.35. The number of hydrogen-bond donors (Lipinski definition) is 3. The third-order valence-corrected chi connectivity index (χ3v) is 2.56. The van der Waals surface area contributed by atoms with Gasteiger partial charge in [0.15, 0.2) is 11.5 Å². The van der Waals surface area contributed by atoms with Gasteiger partial charge in [-0.3, -0.25) is 0 Å². The van der Waals surface area contributed by atoms with E-state index < -0.39 is 6.03 Å². The van der Waals surface area contributed by atoms with Gasteiger partial charge in [-0.05, 0) is 6.07 Å². The standard InChI is InChI=1S/C12H17N3O3/c13-12(16)15-5-4-14-8-9-2-1-3-10-11(9)18-7-6-17-10/h1-3,14H,4-8H2,(H3,13,15,16). The number of urea groups is 1. The Bertz CT molecular complexity index is 423. The minimum atomic E-state index is -0.509. The predicted molar refractivity (Wildman–Crippen MR) is 66.7 cm³/mol. The van der Waals surface area contributed by atoms with Gasteiger partial charge in [0.05, 0.1) is 0 Å². The van der Waals surface area contributed by atoms with Gasteiger partial charge in [-0.15, -0.1) is 0 Å². The Kier molecular flexibility index (Phi) is 4.25. The van der Waals surface area contributed by atoms with Crippen LogP contribution in [0.5, 0.6) is 11.5 Å². The third-order valence-electron chi connectivity index (χ3n) is 2.56. The minimum Gasteiger partial charge on any atom is -0.486 e. The van der Waals surface area contributed by atoms with Crippen LogP contribution in [0, 0.1) is 0 Å². The van der Waals surface area contributed by atoms with Crippen LogP contribution in [0.15, 0.2) is 18.2 Å². The zero-order valence-corrected chi connectivity index (χ0v) is 10.1. The number of para-hydroxylation sites is 1. The van der Waals surface area contributed by atoms with Crippen molar-refractivity contribution in [2.45, 2.75) is 6.54 Å². The summed E-state index contributed by atoms with van der Waals surface area (Å²) in [6.07, 6.45) is 0. The van der Waals surface area contributed by atoms with Crippen molar-refractivity contribution < 1.29 is 14.3 Å². The summed E-state index contributed by atoms with van der Waals surface area (Å²) in [7, 11) is 0. The second kappa shape index (κ2) is 6.11. The molecule has 2 amide bonds. The molecule has 0 radical (unpaired) electrons. The van der Waals surface area contributed by atoms with Crippen LogP contribution in [0.4, 0.5) is 4.79 Å². The fourth-order valence-electron chi connectivity index (χ4n) is 1.77. The molecule has 0 saturated carbocycles. The molecule has 98 valence electrons. The van der Waals surface area contributed by atoms with Gasteiger partial charge >= 0.3 is 6.03 Å². The van der Waals surface area contributed by atoms with E-state index in [0.717, 1.165) is 17.1 Å². The van der Waals surface area contributed by atoms with E-state index in [-0.39, 0.29) is 0 Å². The second-order valence-electron chi connectivity index (χ2n) is 3.91. The number of hydrogen-bond acceptors (Lipinski definition) is 4. The van der Waals surface area contributed by atoms with E-state index in [1.807, 2.05) is 18.2 Å². The first-order valence-corrected chi connectivity index (χ1v) is 5.89. The van der Waals surface area contributed by atoms with Gasteiger partial charge in [0.25, 0.3) is 0 Å². The van der Waals surface area contributed by atoms with Gasteiger partial charge in [-0.2, -0.15) is 0 Å². The summed E-state index contributed by atoms with van der Waals surface area (Å²) in [6, 6.07) is 5.31. The molecule has 1 aliphatic rings. The van der Waals surface area contributed by atoms with Gasteiger partial charge in [0.2, 0.25) is 0 Å². The number of rotatable bonds is 5. The number of ether oxygens (including phenoxy) is 2. The van der Waals surface area contributed by atoms with E-state index in [4.69, 9.17) is 15.2 Å². The maximum absolute atomic E-state index is 10.5. The number of amides is 2. The molecule has 18 heavy (non-hydrogen) atoms. The van der Waals surface area contributed by atoms with Crippen molar-refractivity contribution >= 4 is 6.03 Å². The Morgan fingerprint density at radius 3 is 2.94 bits per heavy atom. The molecular weight excluding hydrogens is 234 g/mol. The van der Waals surface area contributed by atoms with Crippen LogP contribution >= 0.6 is 0 Å². The van der Waals surface area contributed by atoms with Crippen LogP contribution < -0.4 is 25.8 Å². The lowest BCUT2D eigenvalue weighted by molar-refractivity contribution is 0.169. The SMILES string of the molecule is NC(=O)NCCNCc1cccc2c1OCCO2. The summed E-state index contributed by atoms with van der Waals surface area (Å²) in [5.74, 6) is 1.59. The molecule has 2 rings (SSSR count). The summed E-state index contributed by atoms with van der Waals surface area (Å²) in [5, 5.41) is 5.72. The lowest BCUT2D eigenvalue weighted by atomic mass is 10.1. The lowest BCUT2D eigenvalue weighted by Gasteiger charge is -2.21. The van der Waals surface area contributed by atoms with Crippen molar-refractivity contribution in [2.24, 2.45) is 5.73 Å². The first-order valence-electron chi connectivity index (χ1n) is 5.89. The monoisotopic (exact) mass is 251 g/mol. The van der Waals surface area contributed by atoms with Crippen LogP contribution in [0.25, 0.3) is 0 Å². The third kappa shape index (κ3) is 3.27. The molecule has 0 saturated heterocycles. The number of nitrogens with one attached hydrogen (secondary N) is 2. The Hall–Kier alpha value is -1.95. The minimum absolute atomic E-state index is 0.502. The Morgan fingerprint density at radius 2 is 2.11 bits per heavy atom. The quantitative estimate of drug-likeness (QED) is 0.653. The molecule has 0 aliphatic carbocycles. The van der Waals surface area contributed by atoms with Gasteiger partial charge in [-0.25, -0.2) is 4.79 Å². The second-order valence-corrected chi connectivity index (χ2v) is 3.91. The maximum Gasteiger partial charge on any atom is 0.312 e. The van der Waals surface area contributed by atoms with Crippen molar-refractivity contribution in [3.8, 4) is 11.5 Å². The Morgan fingerprint density at radius 1 is 1.28 bits per heavy atom. The fraction of sp³-hybridized carbons (Fsp3) is 0.417. The number of nitrogens with two attached hydrogens (primary N) is 1. The van der Waals surface area contributed by atoms with Crippen molar-refractivity contribution in [3.05, 3.63) is 23.8 Å². The summed E-state index contributed by atoms with van der Waals surface area (Å²) in [6.45, 7) is 2.97. The molecule has 4 N–H and O–H groups in total. The van der Waals surface area contributed by atoms with E-state index >= 15 is 0 Å². The molecule has 1 aliphatic heterocycles. The van der Waals surface area contributed by atoms with Crippen molar-refractivity contribution in [1.82, 2.24) is 10.6 Å². The number of primary amides is 1. The Labute approximate surface area is 105 Å². The summed E-state index contributed by atoms with van der Waals surface area (Å²) >= 11 is 0. The molecule has 0 unspecified atom stereocenters. The first-order chi connectivity index (χ1) is 8.77. The van der Waals surface area contributed by atoms with Crippen molar-refractivity contribution in [3.63, 3.8) is 0 Å². The van der Waals surface area contributed by atoms with E-state index in [0.29, 0.717) is 32.8 Å². The largest absolute Gasteiger partial charge is 0.486 e. The van der Waals surface area contributed by atoms with Crippen molar-refractivity contribution in [1.29, 1.82) is 0 Å². The van der Waals surface area contributed by atoms with E-state index in [2.05, 4.69) is 10.6 Å². The van der Waals surface area contributed by atoms with Crippen LogP contribution in [-0.4, -0.2) is 32.3 Å². The van der Waals surface area contributed by atoms with Gasteiger partial charge in [-0.1, -0.05) is 12.1 Å². The van der Waals surface area contributed by atoms with Crippen LogP contribution in [0.3, 0.4) is 0 Å². The van der Waals surface area contributed by atoms with E-state index in [1.165, 1.54) is 0 Å². The normalized spacial score (nSPS) is 13.1. The molecule has 6 heteroatoms. The fourth-order valence-corrected chi connectivity index (χ4v) is 1.77. The highest BCUT2D eigenvalue weighted by Gasteiger charge is 2.14. The molecule has 0 atom stereocenters. The molecule has 0 fully saturated rings. The summed E-state index contributed by atoms with van der Waals surface area (Å²) in [5.41, 5.74) is 6.01. The zero-order valence-electron chi connectivity index (χ0n) is 10.1. The average Bonchev–Trinajstić information content (AvgIpc) is 2.38. The van der Waals surface area contributed by atoms with Crippen LogP contribution in [0.1, 0.15) is 5.56 Å². The van der Waals surface area contributed by atoms with Crippen molar-refractivity contribution in [2.75, 3.05) is 26.3 Å². The van der Waals surface area contributed by atoms with E-state index in [1.54, 1.807) is 0 Å². The van der Waals surface area contributed by atoms with E-state index in [9.17, 15) is 4.79 Å². The molecule has 1 aromatic carbocycles. The number of carbonyl (C=O) groups is 1. The predicted octanol–water partition coefficient (Wildman–Crippen LogP) is 0.216. The molecule has 1 heterocycles. The molecule has 1 aromatic rings. The smallest absolute Gasteiger partial charge is 0.312 e. The first kappa shape index (κ1) is 12.5. The summed E-state index contributed by atoms with van der Waals surface area (Å²) < 4.78 is 11.1. The highest BCUT2D eigenvalue weighted by Crippen LogP contribution is 2.33. The van der Waals surface area contributed by atoms with Crippen LogP contribution in [0.2, 0.25) is 0 Å². The summed E-state index contributed by atoms with van der Waals surface area (Å²) in [4.78, 5) is 10.5. The zero-order chi connectivity index (χ0) is 12.8. The van der Waals surface area contributed by atoms with Gasteiger partial charge < -0.3 is 25.8 Å². The maximum atomic E-state index is 10.5. The highest BCUT2D eigenvalue weighted by atomic mass is 16.6. The molecule has 0 bridgehead atoms. The molecule has 6 nitrogen and oxygen atoms in total. The number of fused-ring (bicyclic) bond motifs is 1. The van der Waals surface area contributed by atoms with Gasteiger partial charge in [0.1, 0.15) is 13.2 Å². The topological polar surface area (TPSA) is 85.6 Å². The number of benzene rings is 1. The average molecular weight is 251 g/mol. The molecular formula is C12H17N3O3. The van der Waals surface area contributed by atoms with Crippen LogP contribution in [-0.2, 0) is 6.54 Å². The number of carbonyl (C=O) groups excluding carboxylic acids is 1. The molecule has 0 spiro atoms.